The van der Waals surface area contributed by atoms with Crippen LogP contribution in [0.25, 0.3) is 0 Å². The van der Waals surface area contributed by atoms with E-state index in [1.54, 1.807) is 48.5 Å². The van der Waals surface area contributed by atoms with Crippen LogP contribution in [0.5, 0.6) is 0 Å². The number of rotatable bonds is 4. The molecule has 0 aliphatic heterocycles. The fourth-order valence-corrected chi connectivity index (χ4v) is 1.60. The molecule has 0 aliphatic carbocycles. The normalized spacial score (nSPS) is 9.33. The van der Waals surface area contributed by atoms with Crippen molar-refractivity contribution in [2.45, 2.75) is 6.42 Å². The molecule has 18 heavy (non-hydrogen) atoms. The molecule has 0 atom stereocenters. The predicted molar refractivity (Wildman–Crippen MR) is 71.9 cm³/mol. The van der Waals surface area contributed by atoms with Crippen LogP contribution in [0.2, 0.25) is 0 Å². The van der Waals surface area contributed by atoms with Gasteiger partial charge in [-0.2, -0.15) is 0 Å². The van der Waals surface area contributed by atoms with E-state index in [1.165, 1.54) is 0 Å². The van der Waals surface area contributed by atoms with Crippen LogP contribution < -0.4 is 0 Å². The van der Waals surface area contributed by atoms with E-state index in [1.807, 2.05) is 12.1 Å². The third-order valence-corrected chi connectivity index (χ3v) is 2.51. The van der Waals surface area contributed by atoms with E-state index in [0.29, 0.717) is 11.1 Å². The van der Waals surface area contributed by atoms with Crippen LogP contribution in [0.1, 0.15) is 27.1 Å². The summed E-state index contributed by atoms with van der Waals surface area (Å²) in [5.41, 5.74) is 1.16. The molecule has 85 valence electrons. The Bertz CT molecular complexity index is 471. The van der Waals surface area contributed by atoms with Crippen molar-refractivity contribution in [2.75, 3.05) is 0 Å². The molecule has 0 N–H and O–H groups in total. The average molecular weight is 231 g/mol. The van der Waals surface area contributed by atoms with Crippen molar-refractivity contribution in [3.8, 4) is 0 Å². The van der Waals surface area contributed by atoms with Crippen molar-refractivity contribution in [1.29, 1.82) is 0 Å². The molecule has 0 aliphatic rings. The Morgan fingerprint density at radius 2 is 1.00 bits per heavy atom. The van der Waals surface area contributed by atoms with E-state index in [9.17, 15) is 9.59 Å². The molecule has 3 heteroatoms. The summed E-state index contributed by atoms with van der Waals surface area (Å²) in [5.74, 6) is -0.279. The van der Waals surface area contributed by atoms with E-state index < -0.39 is 0 Å². The summed E-state index contributed by atoms with van der Waals surface area (Å²) in [6.07, 6.45) is -0.0754. The summed E-state index contributed by atoms with van der Waals surface area (Å²) in [5, 5.41) is 0. The van der Waals surface area contributed by atoms with Crippen LogP contribution in [-0.4, -0.2) is 30.4 Å². The molecule has 0 unspecified atom stereocenters. The van der Waals surface area contributed by atoms with Crippen molar-refractivity contribution >= 4 is 30.4 Å². The molecule has 0 fully saturated rings. The minimum Gasteiger partial charge on any atom is -0.294 e. The molecule has 0 heterocycles. The van der Waals surface area contributed by atoms with Crippen molar-refractivity contribution in [2.24, 2.45) is 0 Å². The number of hydrogen-bond acceptors (Lipinski definition) is 2. The van der Waals surface area contributed by atoms with Crippen LogP contribution in [-0.2, 0) is 0 Å². The molecule has 1 radical (unpaired) electrons. The molecule has 0 spiro atoms. The Morgan fingerprint density at radius 3 is 1.33 bits per heavy atom. The first-order valence-electron chi connectivity index (χ1n) is 5.44. The molecule has 0 aromatic heterocycles. The Hall–Kier alpha value is -1.62. The van der Waals surface area contributed by atoms with Crippen molar-refractivity contribution < 1.29 is 9.59 Å². The number of benzene rings is 2. The number of carbonyl (C=O) groups is 2. The maximum absolute atomic E-state index is 11.8. The van der Waals surface area contributed by atoms with Gasteiger partial charge in [0.1, 0.15) is 0 Å². The van der Waals surface area contributed by atoms with Crippen LogP contribution in [0, 0.1) is 0 Å². The Labute approximate surface area is 118 Å². The van der Waals surface area contributed by atoms with Gasteiger partial charge in [-0.3, -0.25) is 9.59 Å². The van der Waals surface area contributed by atoms with Crippen LogP contribution in [0.4, 0.5) is 0 Å². The van der Waals surface area contributed by atoms with E-state index in [2.05, 4.69) is 0 Å². The zero-order valence-corrected chi connectivity index (χ0v) is 10.3. The van der Waals surface area contributed by atoms with Crippen LogP contribution >= 0.6 is 0 Å². The molecule has 2 nitrogen and oxygen atoms in total. The second-order valence-electron chi connectivity index (χ2n) is 3.76. The quantitative estimate of drug-likeness (QED) is 0.460. The largest absolute Gasteiger partial charge is 0.294 e. The fourth-order valence-electron chi connectivity index (χ4n) is 1.60. The first kappa shape index (κ1) is 14.4. The van der Waals surface area contributed by atoms with E-state index >= 15 is 0 Å². The summed E-state index contributed by atoms with van der Waals surface area (Å²) in [7, 11) is 0. The van der Waals surface area contributed by atoms with Crippen molar-refractivity contribution in [3.63, 3.8) is 0 Å². The first-order valence-corrected chi connectivity index (χ1v) is 5.44. The maximum Gasteiger partial charge on any atom is 0.170 e. The summed E-state index contributed by atoms with van der Waals surface area (Å²) >= 11 is 0. The van der Waals surface area contributed by atoms with Gasteiger partial charge in [0.2, 0.25) is 0 Å². The second kappa shape index (κ2) is 6.96. The van der Waals surface area contributed by atoms with Gasteiger partial charge in [0.05, 0.1) is 6.42 Å². The van der Waals surface area contributed by atoms with Gasteiger partial charge in [-0.1, -0.05) is 60.7 Å². The molecule has 0 saturated carbocycles. The first-order chi connectivity index (χ1) is 8.27. The number of Topliss-reactive ketones (excluding diaryl/α,β-unsaturated/α-hetero) is 2. The summed E-state index contributed by atoms with van der Waals surface area (Å²) < 4.78 is 0. The zero-order valence-electron chi connectivity index (χ0n) is 10.3. The third-order valence-electron chi connectivity index (χ3n) is 2.51. The van der Waals surface area contributed by atoms with Gasteiger partial charge in [0.25, 0.3) is 0 Å². The Morgan fingerprint density at radius 1 is 0.667 bits per heavy atom. The van der Waals surface area contributed by atoms with Gasteiger partial charge in [-0.25, -0.2) is 0 Å². The van der Waals surface area contributed by atoms with Gasteiger partial charge < -0.3 is 0 Å². The Kier molecular flexibility index (Phi) is 5.58. The molecular formula is C15H12LiO2. The van der Waals surface area contributed by atoms with Crippen molar-refractivity contribution in [1.82, 2.24) is 0 Å². The summed E-state index contributed by atoms with van der Waals surface area (Å²) in [6.45, 7) is 0. The minimum absolute atomic E-state index is 0. The fraction of sp³-hybridized carbons (Fsp3) is 0.0667. The second-order valence-corrected chi connectivity index (χ2v) is 3.76. The molecule has 0 amide bonds. The average Bonchev–Trinajstić information content (AvgIpc) is 2.40. The van der Waals surface area contributed by atoms with E-state index in [0.717, 1.165) is 0 Å². The summed E-state index contributed by atoms with van der Waals surface area (Å²) in [6, 6.07) is 17.7. The number of hydrogen-bond donors (Lipinski definition) is 0. The molecule has 0 saturated heterocycles. The van der Waals surface area contributed by atoms with Gasteiger partial charge in [0.15, 0.2) is 11.6 Å². The third kappa shape index (κ3) is 3.70. The molecule has 2 rings (SSSR count). The van der Waals surface area contributed by atoms with Gasteiger partial charge in [0, 0.05) is 30.0 Å². The standard InChI is InChI=1S/C15H12O2.Li/c16-14(12-7-3-1-4-8-12)11-15(17)13-9-5-2-6-10-13;/h1-10H,11H2;. The monoisotopic (exact) mass is 231 g/mol. The summed E-state index contributed by atoms with van der Waals surface area (Å²) in [4.78, 5) is 23.6. The van der Waals surface area contributed by atoms with E-state index in [4.69, 9.17) is 0 Å². The van der Waals surface area contributed by atoms with Gasteiger partial charge >= 0.3 is 0 Å². The smallest absolute Gasteiger partial charge is 0.170 e. The SMILES string of the molecule is O=C(CC(=O)c1ccccc1)c1ccccc1.[Li]. The van der Waals surface area contributed by atoms with Crippen molar-refractivity contribution in [3.05, 3.63) is 71.8 Å². The Balaban J connectivity index is 0.00000162. The number of ketones is 2. The minimum atomic E-state index is -0.139. The van der Waals surface area contributed by atoms with Gasteiger partial charge in [-0.05, 0) is 0 Å². The predicted octanol–water partition coefficient (Wildman–Crippen LogP) is 2.76. The van der Waals surface area contributed by atoms with Crippen LogP contribution in [0.15, 0.2) is 60.7 Å². The number of carbonyl (C=O) groups excluding carboxylic acids is 2. The molecule has 2 aromatic rings. The van der Waals surface area contributed by atoms with Crippen LogP contribution in [0.3, 0.4) is 0 Å². The zero-order chi connectivity index (χ0) is 12.1. The molecule has 2 aromatic carbocycles. The molecular weight excluding hydrogens is 219 g/mol. The molecule has 0 bridgehead atoms. The maximum atomic E-state index is 11.8. The topological polar surface area (TPSA) is 34.1 Å². The van der Waals surface area contributed by atoms with E-state index in [-0.39, 0.29) is 36.8 Å². The van der Waals surface area contributed by atoms with Gasteiger partial charge in [-0.15, -0.1) is 0 Å².